The summed E-state index contributed by atoms with van der Waals surface area (Å²) in [5, 5.41) is 9.09. The number of hydrogen-bond donors (Lipinski definition) is 3. The van der Waals surface area contributed by atoms with Crippen LogP contribution in [0.15, 0.2) is 104 Å². The van der Waals surface area contributed by atoms with Gasteiger partial charge in [0.1, 0.15) is 5.75 Å². The van der Waals surface area contributed by atoms with Crippen LogP contribution in [0.2, 0.25) is 0 Å². The summed E-state index contributed by atoms with van der Waals surface area (Å²) in [4.78, 5) is 36.2. The molecule has 0 unspecified atom stereocenters. The first-order valence-corrected chi connectivity index (χ1v) is 14.1. The molecule has 2 heterocycles. The minimum atomic E-state index is -0.271. The average Bonchev–Trinajstić information content (AvgIpc) is 3.01. The Bertz CT molecular complexity index is 1650. The maximum Gasteiger partial charge on any atom is 0.255 e. The lowest BCUT2D eigenvalue weighted by atomic mass is 10.1. The van der Waals surface area contributed by atoms with Crippen LogP contribution in [0.1, 0.15) is 27.9 Å². The molecule has 1 aliphatic rings. The SMILES string of the molecule is C=CC(=O)NCc1cccc(C(=O)Nc2cc3cc(c2)Nc2nccc(n2)-c2cccc(c2)OCC/C=C/CN(C)C3)c1. The minimum absolute atomic E-state index is 0.258. The van der Waals surface area contributed by atoms with E-state index in [4.69, 9.17) is 9.72 Å². The highest BCUT2D eigenvalue weighted by Crippen LogP contribution is 2.26. The summed E-state index contributed by atoms with van der Waals surface area (Å²) in [6.45, 7) is 5.76. The molecule has 0 spiro atoms. The molecule has 3 aromatic carbocycles. The highest BCUT2D eigenvalue weighted by atomic mass is 16.5. The summed E-state index contributed by atoms with van der Waals surface area (Å²) in [6, 6.07) is 22.7. The van der Waals surface area contributed by atoms with Crippen molar-refractivity contribution in [2.45, 2.75) is 19.5 Å². The van der Waals surface area contributed by atoms with Crippen LogP contribution in [-0.4, -0.2) is 46.9 Å². The number of aromatic nitrogens is 2. The fourth-order valence-electron chi connectivity index (χ4n) is 4.66. The maximum atomic E-state index is 13.3. The fraction of sp³-hybridized carbons (Fsp3) is 0.176. The lowest BCUT2D eigenvalue weighted by Crippen LogP contribution is -2.20. The first kappa shape index (κ1) is 29.2. The monoisotopic (exact) mass is 574 g/mol. The summed E-state index contributed by atoms with van der Waals surface area (Å²) in [6.07, 6.45) is 7.99. The molecule has 9 nitrogen and oxygen atoms in total. The van der Waals surface area contributed by atoms with Crippen LogP contribution in [0, 0.1) is 0 Å². The molecule has 43 heavy (non-hydrogen) atoms. The van der Waals surface area contributed by atoms with Crippen molar-refractivity contribution in [2.75, 3.05) is 30.8 Å². The van der Waals surface area contributed by atoms with E-state index >= 15 is 0 Å². The summed E-state index contributed by atoms with van der Waals surface area (Å²) >= 11 is 0. The molecule has 6 bridgehead atoms. The Morgan fingerprint density at radius 3 is 2.84 bits per heavy atom. The minimum Gasteiger partial charge on any atom is -0.493 e. The topological polar surface area (TPSA) is 108 Å². The quantitative estimate of drug-likeness (QED) is 0.207. The molecule has 9 heteroatoms. The van der Waals surface area contributed by atoms with Gasteiger partial charge in [-0.15, -0.1) is 0 Å². The van der Waals surface area contributed by atoms with Crippen LogP contribution in [-0.2, 0) is 17.9 Å². The van der Waals surface area contributed by atoms with Gasteiger partial charge in [-0.1, -0.05) is 43.0 Å². The second-order valence-electron chi connectivity index (χ2n) is 10.2. The molecule has 218 valence electrons. The summed E-state index contributed by atoms with van der Waals surface area (Å²) in [7, 11) is 2.05. The largest absolute Gasteiger partial charge is 0.493 e. The Morgan fingerprint density at radius 1 is 1.07 bits per heavy atom. The highest BCUT2D eigenvalue weighted by Gasteiger charge is 2.12. The van der Waals surface area contributed by atoms with E-state index in [1.54, 1.807) is 24.4 Å². The standard InChI is InChI=1S/C34H34N6O3/c1-3-32(41)36-22-24-9-7-11-27(17-24)33(42)37-28-18-25-19-29(21-28)38-34-35-14-13-31(39-34)26-10-8-12-30(20-26)43-16-6-4-5-15-40(2)23-25/h3-5,7-14,17-21H,1,6,15-16,22-23H2,2H3,(H,36,41)(H,37,42)(H,35,38,39)/b5-4+. The smallest absolute Gasteiger partial charge is 0.255 e. The van der Waals surface area contributed by atoms with Crippen molar-refractivity contribution in [1.29, 1.82) is 0 Å². The second-order valence-corrected chi connectivity index (χ2v) is 10.2. The zero-order valence-corrected chi connectivity index (χ0v) is 24.0. The van der Waals surface area contributed by atoms with E-state index in [2.05, 4.69) is 44.6 Å². The molecule has 0 saturated carbocycles. The molecular weight excluding hydrogens is 540 g/mol. The number of rotatable bonds is 5. The molecule has 1 aliphatic heterocycles. The van der Waals surface area contributed by atoms with Gasteiger partial charge in [0, 0.05) is 48.3 Å². The average molecular weight is 575 g/mol. The molecule has 4 aromatic rings. The second kappa shape index (κ2) is 14.1. The Morgan fingerprint density at radius 2 is 1.95 bits per heavy atom. The number of anilines is 3. The number of benzene rings is 3. The van der Waals surface area contributed by atoms with Gasteiger partial charge >= 0.3 is 0 Å². The predicted octanol–water partition coefficient (Wildman–Crippen LogP) is 5.71. The number of fused-ring (bicyclic) bond motifs is 7. The van der Waals surface area contributed by atoms with E-state index < -0.39 is 0 Å². The molecule has 0 radical (unpaired) electrons. The number of hydrogen-bond acceptors (Lipinski definition) is 7. The lowest BCUT2D eigenvalue weighted by molar-refractivity contribution is -0.116. The Hall–Kier alpha value is -5.28. The third-order valence-corrected chi connectivity index (χ3v) is 6.72. The molecule has 0 saturated heterocycles. The molecule has 0 atom stereocenters. The zero-order valence-electron chi connectivity index (χ0n) is 24.0. The number of likely N-dealkylation sites (N-methyl/N-ethyl adjacent to an activating group) is 1. The van der Waals surface area contributed by atoms with Crippen molar-refractivity contribution in [2.24, 2.45) is 0 Å². The molecule has 2 amide bonds. The van der Waals surface area contributed by atoms with E-state index in [0.717, 1.165) is 46.8 Å². The number of carbonyl (C=O) groups excluding carboxylic acids is 2. The van der Waals surface area contributed by atoms with Crippen molar-refractivity contribution < 1.29 is 14.3 Å². The highest BCUT2D eigenvalue weighted by molar-refractivity contribution is 6.04. The van der Waals surface area contributed by atoms with Crippen LogP contribution >= 0.6 is 0 Å². The van der Waals surface area contributed by atoms with E-state index in [-0.39, 0.29) is 11.8 Å². The van der Waals surface area contributed by atoms with Gasteiger partial charge in [-0.3, -0.25) is 14.5 Å². The molecule has 1 aromatic heterocycles. The van der Waals surface area contributed by atoms with Gasteiger partial charge < -0.3 is 20.7 Å². The fourth-order valence-corrected chi connectivity index (χ4v) is 4.66. The third kappa shape index (κ3) is 8.37. The van der Waals surface area contributed by atoms with E-state index in [9.17, 15) is 9.59 Å². The van der Waals surface area contributed by atoms with Crippen LogP contribution < -0.4 is 20.7 Å². The van der Waals surface area contributed by atoms with Crippen LogP contribution in [0.3, 0.4) is 0 Å². The van der Waals surface area contributed by atoms with Crippen LogP contribution in [0.5, 0.6) is 5.75 Å². The number of ether oxygens (including phenoxy) is 1. The zero-order chi connectivity index (χ0) is 30.0. The van der Waals surface area contributed by atoms with Crippen molar-refractivity contribution in [1.82, 2.24) is 20.2 Å². The third-order valence-electron chi connectivity index (χ3n) is 6.72. The molecular formula is C34H34N6O3. The van der Waals surface area contributed by atoms with Gasteiger partial charge in [0.05, 0.1) is 12.3 Å². The van der Waals surface area contributed by atoms with Gasteiger partial charge in [-0.05, 0) is 79.2 Å². The van der Waals surface area contributed by atoms with E-state index in [0.29, 0.717) is 36.9 Å². The van der Waals surface area contributed by atoms with E-state index in [1.807, 2.05) is 61.6 Å². The number of carbonyl (C=O) groups is 2. The predicted molar refractivity (Wildman–Crippen MR) is 169 cm³/mol. The summed E-state index contributed by atoms with van der Waals surface area (Å²) in [5.74, 6) is 0.695. The van der Waals surface area contributed by atoms with Crippen molar-refractivity contribution >= 4 is 29.1 Å². The van der Waals surface area contributed by atoms with Crippen molar-refractivity contribution in [3.05, 3.63) is 120 Å². The van der Waals surface area contributed by atoms with E-state index in [1.165, 1.54) is 6.08 Å². The van der Waals surface area contributed by atoms with Gasteiger partial charge in [-0.25, -0.2) is 9.97 Å². The summed E-state index contributed by atoms with van der Waals surface area (Å²) in [5.41, 5.74) is 5.36. The van der Waals surface area contributed by atoms with Crippen molar-refractivity contribution in [3.8, 4) is 17.0 Å². The van der Waals surface area contributed by atoms with Gasteiger partial charge in [0.2, 0.25) is 11.9 Å². The van der Waals surface area contributed by atoms with Gasteiger partial charge in [0.15, 0.2) is 0 Å². The maximum absolute atomic E-state index is 13.3. The molecule has 0 aliphatic carbocycles. The van der Waals surface area contributed by atoms with Gasteiger partial charge in [0.25, 0.3) is 5.91 Å². The normalized spacial score (nSPS) is 14.2. The molecule has 3 N–H and O–H groups in total. The number of amides is 2. The lowest BCUT2D eigenvalue weighted by Gasteiger charge is -2.18. The molecule has 5 rings (SSSR count). The first-order valence-electron chi connectivity index (χ1n) is 14.1. The Labute approximate surface area is 251 Å². The number of nitrogens with one attached hydrogen (secondary N) is 3. The number of nitrogens with zero attached hydrogens (tertiary/aromatic N) is 3. The van der Waals surface area contributed by atoms with Gasteiger partial charge in [-0.2, -0.15) is 0 Å². The summed E-state index contributed by atoms with van der Waals surface area (Å²) < 4.78 is 5.95. The van der Waals surface area contributed by atoms with Crippen LogP contribution in [0.25, 0.3) is 11.3 Å². The first-order chi connectivity index (χ1) is 20.9. The van der Waals surface area contributed by atoms with Crippen LogP contribution in [0.4, 0.5) is 17.3 Å². The Balaban J connectivity index is 1.42. The Kier molecular flexibility index (Phi) is 9.56. The molecule has 0 fully saturated rings. The van der Waals surface area contributed by atoms with Crippen molar-refractivity contribution in [3.63, 3.8) is 0 Å².